The van der Waals surface area contributed by atoms with Crippen molar-refractivity contribution in [2.45, 2.75) is 46.7 Å². The minimum absolute atomic E-state index is 0.0842. The van der Waals surface area contributed by atoms with Crippen LogP contribution in [-0.2, 0) is 11.3 Å². The lowest BCUT2D eigenvalue weighted by atomic mass is 10.1. The number of rotatable bonds is 8. The van der Waals surface area contributed by atoms with Crippen LogP contribution in [0.4, 0.5) is 0 Å². The van der Waals surface area contributed by atoms with Crippen molar-refractivity contribution in [3.63, 3.8) is 0 Å². The third-order valence-corrected chi connectivity index (χ3v) is 2.62. The van der Waals surface area contributed by atoms with Gasteiger partial charge in [-0.1, -0.05) is 13.8 Å². The van der Waals surface area contributed by atoms with Crippen LogP contribution in [0.1, 0.15) is 40.2 Å². The van der Waals surface area contributed by atoms with Crippen molar-refractivity contribution >= 4 is 0 Å². The second-order valence-corrected chi connectivity index (χ2v) is 6.40. The Hall–Kier alpha value is -1.13. The fraction of sp³-hybridized carbons (Fsp3) is 0.688. The lowest BCUT2D eigenvalue weighted by molar-refractivity contribution is 0.0814. The van der Waals surface area contributed by atoms with E-state index in [2.05, 4.69) is 44.9 Å². The maximum Gasteiger partial charge on any atom is 0.142 e. The molecule has 0 aromatic carbocycles. The van der Waals surface area contributed by atoms with Gasteiger partial charge in [-0.25, -0.2) is 0 Å². The van der Waals surface area contributed by atoms with Gasteiger partial charge in [-0.2, -0.15) is 0 Å². The summed E-state index contributed by atoms with van der Waals surface area (Å²) in [6, 6.07) is 1.99. The Labute approximate surface area is 122 Å². The maximum atomic E-state index is 5.76. The Morgan fingerprint density at radius 1 is 1.25 bits per heavy atom. The highest BCUT2D eigenvalue weighted by Crippen LogP contribution is 2.17. The van der Waals surface area contributed by atoms with Crippen molar-refractivity contribution in [1.29, 1.82) is 0 Å². The fourth-order valence-electron chi connectivity index (χ4n) is 1.57. The highest BCUT2D eigenvalue weighted by Gasteiger charge is 2.11. The normalized spacial score (nSPS) is 11.9. The summed E-state index contributed by atoms with van der Waals surface area (Å²) < 4.78 is 11.3. The van der Waals surface area contributed by atoms with Gasteiger partial charge in [-0.15, -0.1) is 0 Å². The summed E-state index contributed by atoms with van der Waals surface area (Å²) in [6.45, 7) is 13.4. The van der Waals surface area contributed by atoms with E-state index in [0.29, 0.717) is 19.1 Å². The highest BCUT2D eigenvalue weighted by atomic mass is 16.5. The molecule has 1 aromatic rings. The van der Waals surface area contributed by atoms with Gasteiger partial charge in [0.15, 0.2) is 0 Å². The molecular weight excluding hydrogens is 252 g/mol. The molecule has 0 bridgehead atoms. The van der Waals surface area contributed by atoms with Crippen molar-refractivity contribution in [3.8, 4) is 5.75 Å². The van der Waals surface area contributed by atoms with Crippen LogP contribution in [-0.4, -0.2) is 30.3 Å². The third-order valence-electron chi connectivity index (χ3n) is 2.62. The van der Waals surface area contributed by atoms with Crippen molar-refractivity contribution in [2.24, 2.45) is 5.92 Å². The average Bonchev–Trinajstić information content (AvgIpc) is 2.36. The molecule has 4 nitrogen and oxygen atoms in total. The molecule has 20 heavy (non-hydrogen) atoms. The molecule has 0 amide bonds. The molecule has 1 heterocycles. The van der Waals surface area contributed by atoms with E-state index in [1.807, 2.05) is 6.07 Å². The summed E-state index contributed by atoms with van der Waals surface area (Å²) in [5, 5.41) is 3.46. The van der Waals surface area contributed by atoms with Gasteiger partial charge in [-0.05, 0) is 32.8 Å². The molecule has 0 aliphatic rings. The molecule has 1 N–H and O–H groups in total. The van der Waals surface area contributed by atoms with Crippen LogP contribution in [0.15, 0.2) is 18.5 Å². The predicted octanol–water partition coefficient (Wildman–Crippen LogP) is 3.02. The largest absolute Gasteiger partial charge is 0.489 e. The SMILES string of the molecule is CC(C)COCCOc1cnccc1CNC(C)(C)C. The minimum atomic E-state index is 0.0842. The van der Waals surface area contributed by atoms with Crippen molar-refractivity contribution < 1.29 is 9.47 Å². The van der Waals surface area contributed by atoms with Gasteiger partial charge in [0.05, 0.1) is 12.8 Å². The molecule has 0 aliphatic carbocycles. The standard InChI is InChI=1S/C16H28N2O2/c1-13(2)12-19-8-9-20-15-11-17-7-6-14(15)10-18-16(3,4)5/h6-7,11,13,18H,8-10,12H2,1-5H3. The second-order valence-electron chi connectivity index (χ2n) is 6.40. The molecule has 0 unspecified atom stereocenters. The van der Waals surface area contributed by atoms with Crippen LogP contribution in [0.25, 0.3) is 0 Å². The first-order chi connectivity index (χ1) is 9.38. The van der Waals surface area contributed by atoms with Gasteiger partial charge in [-0.3, -0.25) is 4.98 Å². The number of hydrogen-bond acceptors (Lipinski definition) is 4. The van der Waals surface area contributed by atoms with Crippen molar-refractivity contribution in [3.05, 3.63) is 24.0 Å². The summed E-state index contributed by atoms with van der Waals surface area (Å²) in [6.07, 6.45) is 3.56. The van der Waals surface area contributed by atoms with Gasteiger partial charge in [0.25, 0.3) is 0 Å². The van der Waals surface area contributed by atoms with Gasteiger partial charge in [0.2, 0.25) is 0 Å². The monoisotopic (exact) mass is 280 g/mol. The minimum Gasteiger partial charge on any atom is -0.489 e. The quantitative estimate of drug-likeness (QED) is 0.743. The van der Waals surface area contributed by atoms with E-state index < -0.39 is 0 Å². The molecule has 1 rings (SSSR count). The molecule has 0 fully saturated rings. The first-order valence-corrected chi connectivity index (χ1v) is 7.27. The summed E-state index contributed by atoms with van der Waals surface area (Å²) in [4.78, 5) is 4.12. The Morgan fingerprint density at radius 2 is 2.00 bits per heavy atom. The Bertz CT molecular complexity index is 386. The summed E-state index contributed by atoms with van der Waals surface area (Å²) in [5.74, 6) is 1.39. The lowest BCUT2D eigenvalue weighted by Crippen LogP contribution is -2.35. The molecule has 0 aliphatic heterocycles. The zero-order valence-electron chi connectivity index (χ0n) is 13.4. The molecule has 4 heteroatoms. The number of hydrogen-bond donors (Lipinski definition) is 1. The van der Waals surface area contributed by atoms with E-state index in [0.717, 1.165) is 24.5 Å². The number of ether oxygens (including phenoxy) is 2. The topological polar surface area (TPSA) is 43.4 Å². The molecule has 0 radical (unpaired) electrons. The van der Waals surface area contributed by atoms with E-state index in [1.54, 1.807) is 12.4 Å². The van der Waals surface area contributed by atoms with Crippen LogP contribution in [0.5, 0.6) is 5.75 Å². The smallest absolute Gasteiger partial charge is 0.142 e. The van der Waals surface area contributed by atoms with Crippen LogP contribution >= 0.6 is 0 Å². The van der Waals surface area contributed by atoms with Gasteiger partial charge in [0.1, 0.15) is 12.4 Å². The van der Waals surface area contributed by atoms with Gasteiger partial charge >= 0.3 is 0 Å². The number of pyridine rings is 1. The van der Waals surface area contributed by atoms with Crippen molar-refractivity contribution in [1.82, 2.24) is 10.3 Å². The molecule has 1 aromatic heterocycles. The Morgan fingerprint density at radius 3 is 2.65 bits per heavy atom. The maximum absolute atomic E-state index is 5.76. The van der Waals surface area contributed by atoms with Crippen LogP contribution in [0.2, 0.25) is 0 Å². The van der Waals surface area contributed by atoms with Crippen LogP contribution in [0.3, 0.4) is 0 Å². The summed E-state index contributed by atoms with van der Waals surface area (Å²) >= 11 is 0. The van der Waals surface area contributed by atoms with Crippen LogP contribution < -0.4 is 10.1 Å². The van der Waals surface area contributed by atoms with Crippen molar-refractivity contribution in [2.75, 3.05) is 19.8 Å². The molecule has 0 saturated heterocycles. The number of aromatic nitrogens is 1. The first kappa shape index (κ1) is 16.9. The van der Waals surface area contributed by atoms with E-state index in [1.165, 1.54) is 0 Å². The highest BCUT2D eigenvalue weighted by molar-refractivity contribution is 5.29. The molecule has 0 spiro atoms. The second kappa shape index (κ2) is 8.22. The van der Waals surface area contributed by atoms with Gasteiger partial charge < -0.3 is 14.8 Å². The molecule has 114 valence electrons. The lowest BCUT2D eigenvalue weighted by Gasteiger charge is -2.21. The Balaban J connectivity index is 2.41. The zero-order valence-corrected chi connectivity index (χ0v) is 13.4. The van der Waals surface area contributed by atoms with E-state index >= 15 is 0 Å². The van der Waals surface area contributed by atoms with E-state index in [4.69, 9.17) is 9.47 Å². The average molecular weight is 280 g/mol. The molecule has 0 saturated carbocycles. The number of nitrogens with zero attached hydrogens (tertiary/aromatic N) is 1. The van der Waals surface area contributed by atoms with E-state index in [9.17, 15) is 0 Å². The third kappa shape index (κ3) is 7.46. The fourth-order valence-corrected chi connectivity index (χ4v) is 1.57. The molecular formula is C16H28N2O2. The first-order valence-electron chi connectivity index (χ1n) is 7.27. The van der Waals surface area contributed by atoms with Crippen LogP contribution in [0, 0.1) is 5.92 Å². The van der Waals surface area contributed by atoms with Gasteiger partial charge in [0, 0.05) is 30.5 Å². The number of nitrogens with one attached hydrogen (secondary N) is 1. The summed E-state index contributed by atoms with van der Waals surface area (Å²) in [5.41, 5.74) is 1.21. The Kier molecular flexibility index (Phi) is 6.96. The summed E-state index contributed by atoms with van der Waals surface area (Å²) in [7, 11) is 0. The zero-order chi connectivity index (χ0) is 15.0. The molecule has 0 atom stereocenters. The van der Waals surface area contributed by atoms with E-state index in [-0.39, 0.29) is 5.54 Å². The predicted molar refractivity (Wildman–Crippen MR) is 82.0 cm³/mol.